The number of nitrogens with zero attached hydrogens (tertiary/aromatic N) is 3. The Morgan fingerprint density at radius 1 is 1.04 bits per heavy atom. The normalized spacial score (nSPS) is 21.1. The summed E-state index contributed by atoms with van der Waals surface area (Å²) in [6.07, 6.45) is 1.54. The molecule has 4 rings (SSSR count). The van der Waals surface area contributed by atoms with E-state index in [-0.39, 0.29) is 29.9 Å². The second-order valence-electron chi connectivity index (χ2n) is 6.57. The van der Waals surface area contributed by atoms with Gasteiger partial charge in [-0.1, -0.05) is 0 Å². The van der Waals surface area contributed by atoms with Crippen LogP contribution in [0.15, 0.2) is 47.1 Å². The summed E-state index contributed by atoms with van der Waals surface area (Å²) in [5, 5.41) is 0. The number of halogens is 1. The minimum Gasteiger partial charge on any atom is -0.459 e. The molecule has 2 aliphatic heterocycles. The number of hydrogen-bond acceptors (Lipinski definition) is 5. The van der Waals surface area contributed by atoms with Gasteiger partial charge in [-0.25, -0.2) is 9.29 Å². The Morgan fingerprint density at radius 2 is 1.74 bits per heavy atom. The minimum absolute atomic E-state index is 0.0857. The molecule has 8 heteroatoms. The van der Waals surface area contributed by atoms with Crippen molar-refractivity contribution < 1.29 is 23.2 Å². The summed E-state index contributed by atoms with van der Waals surface area (Å²) >= 11 is 0. The van der Waals surface area contributed by atoms with E-state index in [1.165, 1.54) is 30.5 Å². The highest BCUT2D eigenvalue weighted by atomic mass is 19.1. The van der Waals surface area contributed by atoms with Gasteiger partial charge in [-0.3, -0.25) is 19.3 Å². The van der Waals surface area contributed by atoms with Gasteiger partial charge in [-0.15, -0.1) is 0 Å². The smallest absolute Gasteiger partial charge is 0.289 e. The van der Waals surface area contributed by atoms with Crippen molar-refractivity contribution >= 4 is 23.4 Å². The monoisotopic (exact) mass is 371 g/mol. The van der Waals surface area contributed by atoms with Crippen molar-refractivity contribution in [3.63, 3.8) is 0 Å². The largest absolute Gasteiger partial charge is 0.459 e. The van der Waals surface area contributed by atoms with E-state index in [1.807, 2.05) is 4.90 Å². The Bertz CT molecular complexity index is 858. The van der Waals surface area contributed by atoms with Crippen molar-refractivity contribution in [1.82, 2.24) is 9.80 Å². The Balaban J connectivity index is 1.41. The molecule has 0 bridgehead atoms. The van der Waals surface area contributed by atoms with Crippen LogP contribution >= 0.6 is 0 Å². The molecule has 2 fully saturated rings. The van der Waals surface area contributed by atoms with Crippen LogP contribution in [0.2, 0.25) is 0 Å². The highest BCUT2D eigenvalue weighted by molar-refractivity contribution is 6.22. The van der Waals surface area contributed by atoms with Gasteiger partial charge >= 0.3 is 0 Å². The van der Waals surface area contributed by atoms with Gasteiger partial charge in [0.25, 0.3) is 11.8 Å². The number of carbonyl (C=O) groups excluding carboxylic acids is 3. The molecule has 2 saturated heterocycles. The minimum atomic E-state index is -0.552. The second kappa shape index (κ2) is 6.96. The molecule has 3 heterocycles. The van der Waals surface area contributed by atoms with Crippen LogP contribution in [0.4, 0.5) is 10.1 Å². The highest BCUT2D eigenvalue weighted by Gasteiger charge is 2.43. The third kappa shape index (κ3) is 3.23. The molecule has 2 aliphatic rings. The second-order valence-corrected chi connectivity index (χ2v) is 6.57. The van der Waals surface area contributed by atoms with Crippen molar-refractivity contribution in [2.45, 2.75) is 12.5 Å². The molecule has 140 valence electrons. The zero-order chi connectivity index (χ0) is 19.0. The fourth-order valence-corrected chi connectivity index (χ4v) is 3.56. The summed E-state index contributed by atoms with van der Waals surface area (Å²) in [5.74, 6) is -0.922. The van der Waals surface area contributed by atoms with Crippen LogP contribution in [-0.2, 0) is 9.59 Å². The predicted octanol–water partition coefficient (Wildman–Crippen LogP) is 1.51. The van der Waals surface area contributed by atoms with Crippen molar-refractivity contribution in [3.05, 3.63) is 54.2 Å². The topological polar surface area (TPSA) is 74.1 Å². The SMILES string of the molecule is O=C(c1ccco1)N1CCN(C2CC(=O)N(c3ccc(F)cc3)C2=O)CC1. The Kier molecular flexibility index (Phi) is 4.49. The lowest BCUT2D eigenvalue weighted by molar-refractivity contribution is -0.123. The Morgan fingerprint density at radius 3 is 2.37 bits per heavy atom. The summed E-state index contributed by atoms with van der Waals surface area (Å²) in [7, 11) is 0. The lowest BCUT2D eigenvalue weighted by atomic mass is 10.1. The average Bonchev–Trinajstić information content (AvgIpc) is 3.31. The van der Waals surface area contributed by atoms with E-state index < -0.39 is 11.9 Å². The first-order chi connectivity index (χ1) is 13.0. The Hall–Kier alpha value is -3.00. The number of rotatable bonds is 3. The highest BCUT2D eigenvalue weighted by Crippen LogP contribution is 2.26. The first-order valence-corrected chi connectivity index (χ1v) is 8.74. The van der Waals surface area contributed by atoms with Crippen LogP contribution in [0.5, 0.6) is 0 Å². The number of piperazine rings is 1. The van der Waals surface area contributed by atoms with Gasteiger partial charge < -0.3 is 9.32 Å². The summed E-state index contributed by atoms with van der Waals surface area (Å²) in [5.41, 5.74) is 0.375. The quantitative estimate of drug-likeness (QED) is 0.765. The van der Waals surface area contributed by atoms with Gasteiger partial charge in [0.05, 0.1) is 24.4 Å². The van der Waals surface area contributed by atoms with Crippen LogP contribution in [0, 0.1) is 5.82 Å². The van der Waals surface area contributed by atoms with Gasteiger partial charge in [0, 0.05) is 26.2 Å². The number of hydrogen-bond donors (Lipinski definition) is 0. The maximum atomic E-state index is 13.1. The lowest BCUT2D eigenvalue weighted by Gasteiger charge is -2.36. The maximum Gasteiger partial charge on any atom is 0.289 e. The number of benzene rings is 1. The van der Waals surface area contributed by atoms with Gasteiger partial charge in [0.1, 0.15) is 5.82 Å². The molecule has 2 aromatic rings. The number of imide groups is 1. The van der Waals surface area contributed by atoms with E-state index in [9.17, 15) is 18.8 Å². The van der Waals surface area contributed by atoms with Crippen LogP contribution < -0.4 is 4.90 Å². The fourth-order valence-electron chi connectivity index (χ4n) is 3.56. The lowest BCUT2D eigenvalue weighted by Crippen LogP contribution is -2.53. The maximum absolute atomic E-state index is 13.1. The molecule has 0 N–H and O–H groups in total. The molecule has 7 nitrogen and oxygen atoms in total. The van der Waals surface area contributed by atoms with Crippen molar-refractivity contribution in [1.29, 1.82) is 0 Å². The van der Waals surface area contributed by atoms with Crippen molar-refractivity contribution in [2.75, 3.05) is 31.1 Å². The number of anilines is 1. The molecular formula is C19H18FN3O4. The van der Waals surface area contributed by atoms with Gasteiger partial charge in [-0.2, -0.15) is 0 Å². The first kappa shape index (κ1) is 17.4. The van der Waals surface area contributed by atoms with Crippen molar-refractivity contribution in [2.24, 2.45) is 0 Å². The molecule has 0 aliphatic carbocycles. The van der Waals surface area contributed by atoms with Gasteiger partial charge in [-0.05, 0) is 36.4 Å². The van der Waals surface area contributed by atoms with Crippen LogP contribution in [0.3, 0.4) is 0 Å². The van der Waals surface area contributed by atoms with E-state index in [0.717, 1.165) is 4.90 Å². The predicted molar refractivity (Wildman–Crippen MR) is 93.5 cm³/mol. The summed E-state index contributed by atoms with van der Waals surface area (Å²) < 4.78 is 18.2. The van der Waals surface area contributed by atoms with E-state index in [2.05, 4.69) is 0 Å². The molecule has 1 atom stereocenters. The summed E-state index contributed by atoms with van der Waals surface area (Å²) in [4.78, 5) is 42.2. The molecule has 1 aromatic heterocycles. The average molecular weight is 371 g/mol. The molecular weight excluding hydrogens is 353 g/mol. The summed E-state index contributed by atoms with van der Waals surface area (Å²) in [6, 6.07) is 8.03. The van der Waals surface area contributed by atoms with Crippen LogP contribution in [-0.4, -0.2) is 59.7 Å². The zero-order valence-corrected chi connectivity index (χ0v) is 14.5. The van der Waals surface area contributed by atoms with Crippen molar-refractivity contribution in [3.8, 4) is 0 Å². The number of furan rings is 1. The zero-order valence-electron chi connectivity index (χ0n) is 14.5. The van der Waals surface area contributed by atoms with E-state index in [0.29, 0.717) is 31.9 Å². The molecule has 1 aromatic carbocycles. The van der Waals surface area contributed by atoms with Gasteiger partial charge in [0.15, 0.2) is 5.76 Å². The third-order valence-corrected chi connectivity index (χ3v) is 4.98. The van der Waals surface area contributed by atoms with E-state index in [1.54, 1.807) is 17.0 Å². The first-order valence-electron chi connectivity index (χ1n) is 8.74. The van der Waals surface area contributed by atoms with Gasteiger partial charge in [0.2, 0.25) is 5.91 Å². The molecule has 27 heavy (non-hydrogen) atoms. The summed E-state index contributed by atoms with van der Waals surface area (Å²) in [6.45, 7) is 1.89. The molecule has 3 amide bonds. The van der Waals surface area contributed by atoms with E-state index in [4.69, 9.17) is 4.42 Å². The molecule has 0 spiro atoms. The van der Waals surface area contributed by atoms with E-state index >= 15 is 0 Å². The standard InChI is InChI=1S/C19H18FN3O4/c20-13-3-5-14(6-4-13)23-17(24)12-15(18(23)25)21-7-9-22(10-8-21)19(26)16-2-1-11-27-16/h1-6,11,15H,7-10,12H2. The number of amides is 3. The molecule has 0 saturated carbocycles. The fraction of sp³-hybridized carbons (Fsp3) is 0.316. The van der Waals surface area contributed by atoms with Crippen LogP contribution in [0.1, 0.15) is 17.0 Å². The molecule has 1 unspecified atom stereocenters. The third-order valence-electron chi connectivity index (χ3n) is 4.98. The Labute approximate surface area is 154 Å². The van der Waals surface area contributed by atoms with Crippen LogP contribution in [0.25, 0.3) is 0 Å². The number of carbonyl (C=O) groups is 3. The molecule has 0 radical (unpaired) electrons.